The summed E-state index contributed by atoms with van der Waals surface area (Å²) in [5.74, 6) is 2.67. The first-order valence-electron chi connectivity index (χ1n) is 8.68. The number of benzene rings is 2. The molecule has 0 bridgehead atoms. The Morgan fingerprint density at radius 2 is 1.88 bits per heavy atom. The molecule has 0 aromatic heterocycles. The van der Waals surface area contributed by atoms with Crippen LogP contribution in [0.25, 0.3) is 0 Å². The van der Waals surface area contributed by atoms with E-state index in [0.717, 1.165) is 29.7 Å². The maximum absolute atomic E-state index is 13.2. The van der Waals surface area contributed by atoms with Crippen LogP contribution in [-0.4, -0.2) is 38.4 Å². The summed E-state index contributed by atoms with van der Waals surface area (Å²) in [5, 5.41) is 0. The molecule has 1 amide bonds. The Labute approximate surface area is 151 Å². The van der Waals surface area contributed by atoms with Crippen LogP contribution in [-0.2, 0) is 12.8 Å². The number of hydrogen-bond donors (Lipinski definition) is 0. The average Bonchev–Trinajstić information content (AvgIpc) is 3.15. The van der Waals surface area contributed by atoms with Crippen molar-refractivity contribution in [3.63, 3.8) is 0 Å². The third-order valence-corrected chi connectivity index (χ3v) is 5.52. The van der Waals surface area contributed by atoms with Crippen LogP contribution in [0.1, 0.15) is 33.1 Å². The number of ether oxygens (including phenoxy) is 4. The minimum Gasteiger partial charge on any atom is -0.493 e. The van der Waals surface area contributed by atoms with E-state index in [4.69, 9.17) is 18.9 Å². The number of fused-ring (bicyclic) bond motifs is 6. The predicted octanol–water partition coefficient (Wildman–Crippen LogP) is 2.73. The van der Waals surface area contributed by atoms with E-state index in [2.05, 4.69) is 0 Å². The van der Waals surface area contributed by atoms with Gasteiger partial charge in [0.1, 0.15) is 0 Å². The molecule has 2 aromatic rings. The van der Waals surface area contributed by atoms with Crippen molar-refractivity contribution in [3.05, 3.63) is 46.5 Å². The molecule has 0 aliphatic carbocycles. The average molecular weight is 353 g/mol. The first-order chi connectivity index (χ1) is 12.7. The van der Waals surface area contributed by atoms with Crippen molar-refractivity contribution in [1.29, 1.82) is 0 Å². The third-order valence-electron chi connectivity index (χ3n) is 5.52. The molecule has 6 heteroatoms. The van der Waals surface area contributed by atoms with Crippen molar-refractivity contribution in [2.45, 2.75) is 18.9 Å². The van der Waals surface area contributed by atoms with E-state index in [1.807, 2.05) is 29.2 Å². The standard InChI is InChI=1S/C20H19NO5/c1-23-16-8-11-5-6-21-14(13(11)9-17(16)24-2)7-12-3-4-15-19(26-10-25-15)18(12)20(21)22/h3-4,8-9,14H,5-7,10H2,1-2H3. The zero-order valence-corrected chi connectivity index (χ0v) is 14.7. The topological polar surface area (TPSA) is 57.2 Å². The first-order valence-corrected chi connectivity index (χ1v) is 8.68. The molecule has 5 rings (SSSR count). The lowest BCUT2D eigenvalue weighted by Gasteiger charge is -2.41. The summed E-state index contributed by atoms with van der Waals surface area (Å²) in [6, 6.07) is 7.91. The molecule has 3 aliphatic heterocycles. The van der Waals surface area contributed by atoms with Crippen LogP contribution in [0.2, 0.25) is 0 Å². The van der Waals surface area contributed by atoms with Crippen LogP contribution in [0.3, 0.4) is 0 Å². The van der Waals surface area contributed by atoms with Crippen LogP contribution < -0.4 is 18.9 Å². The van der Waals surface area contributed by atoms with Gasteiger partial charge >= 0.3 is 0 Å². The summed E-state index contributed by atoms with van der Waals surface area (Å²) >= 11 is 0. The summed E-state index contributed by atoms with van der Waals surface area (Å²) in [6.07, 6.45) is 1.54. The molecule has 2 aromatic carbocycles. The zero-order chi connectivity index (χ0) is 17.8. The number of amides is 1. The fourth-order valence-corrected chi connectivity index (χ4v) is 4.26. The fraction of sp³-hybridized carbons (Fsp3) is 0.350. The molecule has 0 N–H and O–H groups in total. The summed E-state index contributed by atoms with van der Waals surface area (Å²) in [6.45, 7) is 0.846. The van der Waals surface area contributed by atoms with Gasteiger partial charge in [0.05, 0.1) is 25.8 Å². The van der Waals surface area contributed by atoms with E-state index in [-0.39, 0.29) is 18.7 Å². The van der Waals surface area contributed by atoms with Crippen LogP contribution in [0.4, 0.5) is 0 Å². The van der Waals surface area contributed by atoms with Crippen molar-refractivity contribution in [2.24, 2.45) is 0 Å². The number of methoxy groups -OCH3 is 2. The van der Waals surface area contributed by atoms with Crippen molar-refractivity contribution < 1.29 is 23.7 Å². The molecule has 0 saturated carbocycles. The van der Waals surface area contributed by atoms with Crippen LogP contribution >= 0.6 is 0 Å². The lowest BCUT2D eigenvalue weighted by atomic mass is 9.83. The minimum atomic E-state index is -0.000993. The van der Waals surface area contributed by atoms with E-state index in [0.29, 0.717) is 29.4 Å². The van der Waals surface area contributed by atoms with E-state index < -0.39 is 0 Å². The molecular formula is C20H19NO5. The van der Waals surface area contributed by atoms with Crippen molar-refractivity contribution in [1.82, 2.24) is 4.90 Å². The highest BCUT2D eigenvalue weighted by Crippen LogP contribution is 2.46. The number of carbonyl (C=O) groups excluding carboxylic acids is 1. The zero-order valence-electron chi connectivity index (χ0n) is 14.7. The molecular weight excluding hydrogens is 334 g/mol. The molecule has 0 saturated heterocycles. The van der Waals surface area contributed by atoms with Crippen LogP contribution in [0, 0.1) is 0 Å². The second kappa shape index (κ2) is 5.56. The quantitative estimate of drug-likeness (QED) is 0.831. The Balaban J connectivity index is 1.62. The van der Waals surface area contributed by atoms with Crippen molar-refractivity contribution >= 4 is 5.91 Å². The molecule has 0 fully saturated rings. The molecule has 1 unspecified atom stereocenters. The Morgan fingerprint density at radius 1 is 1.08 bits per heavy atom. The van der Waals surface area contributed by atoms with Crippen molar-refractivity contribution in [3.8, 4) is 23.0 Å². The predicted molar refractivity (Wildman–Crippen MR) is 93.3 cm³/mol. The Kier molecular flexibility index (Phi) is 3.29. The lowest BCUT2D eigenvalue weighted by molar-refractivity contribution is 0.0626. The van der Waals surface area contributed by atoms with Crippen LogP contribution in [0.5, 0.6) is 23.0 Å². The van der Waals surface area contributed by atoms with Gasteiger partial charge in [0.15, 0.2) is 23.0 Å². The highest BCUT2D eigenvalue weighted by Gasteiger charge is 2.40. The summed E-state index contributed by atoms with van der Waals surface area (Å²) in [7, 11) is 3.27. The van der Waals surface area contributed by atoms with Gasteiger partial charge in [0.2, 0.25) is 6.79 Å². The number of hydrogen-bond acceptors (Lipinski definition) is 5. The Morgan fingerprint density at radius 3 is 2.69 bits per heavy atom. The highest BCUT2D eigenvalue weighted by atomic mass is 16.7. The van der Waals surface area contributed by atoms with Gasteiger partial charge in [-0.3, -0.25) is 4.79 Å². The van der Waals surface area contributed by atoms with E-state index >= 15 is 0 Å². The van der Waals surface area contributed by atoms with Gasteiger partial charge in [0.25, 0.3) is 5.91 Å². The molecule has 134 valence electrons. The van der Waals surface area contributed by atoms with Crippen LogP contribution in [0.15, 0.2) is 24.3 Å². The van der Waals surface area contributed by atoms with Gasteiger partial charge in [-0.05, 0) is 47.7 Å². The molecule has 6 nitrogen and oxygen atoms in total. The highest BCUT2D eigenvalue weighted by molar-refractivity contribution is 6.01. The second-order valence-electron chi connectivity index (χ2n) is 6.71. The largest absolute Gasteiger partial charge is 0.493 e. The molecule has 0 radical (unpaired) electrons. The van der Waals surface area contributed by atoms with E-state index in [1.54, 1.807) is 14.2 Å². The molecule has 26 heavy (non-hydrogen) atoms. The van der Waals surface area contributed by atoms with Gasteiger partial charge in [-0.15, -0.1) is 0 Å². The summed E-state index contributed by atoms with van der Waals surface area (Å²) in [5.41, 5.74) is 4.00. The van der Waals surface area contributed by atoms with E-state index in [1.165, 1.54) is 5.56 Å². The Bertz CT molecular complexity index is 923. The van der Waals surface area contributed by atoms with Crippen molar-refractivity contribution in [2.75, 3.05) is 27.6 Å². The minimum absolute atomic E-state index is 0.000993. The smallest absolute Gasteiger partial charge is 0.258 e. The summed E-state index contributed by atoms with van der Waals surface area (Å²) < 4.78 is 21.9. The number of rotatable bonds is 2. The van der Waals surface area contributed by atoms with Gasteiger partial charge in [0, 0.05) is 6.54 Å². The second-order valence-corrected chi connectivity index (χ2v) is 6.71. The lowest BCUT2D eigenvalue weighted by Crippen LogP contribution is -2.44. The van der Waals surface area contributed by atoms with Gasteiger partial charge in [-0.25, -0.2) is 0 Å². The maximum Gasteiger partial charge on any atom is 0.258 e. The first kappa shape index (κ1) is 15.4. The monoisotopic (exact) mass is 353 g/mol. The molecule has 1 atom stereocenters. The number of nitrogens with zero attached hydrogens (tertiary/aromatic N) is 1. The number of carbonyl (C=O) groups is 1. The van der Waals surface area contributed by atoms with Gasteiger partial charge in [-0.2, -0.15) is 0 Å². The molecule has 3 heterocycles. The van der Waals surface area contributed by atoms with Gasteiger partial charge < -0.3 is 23.8 Å². The maximum atomic E-state index is 13.2. The van der Waals surface area contributed by atoms with E-state index in [9.17, 15) is 4.79 Å². The third kappa shape index (κ3) is 2.01. The molecule has 0 spiro atoms. The normalized spacial score (nSPS) is 19.5. The molecule has 3 aliphatic rings. The fourth-order valence-electron chi connectivity index (χ4n) is 4.26. The van der Waals surface area contributed by atoms with Gasteiger partial charge in [-0.1, -0.05) is 6.07 Å². The Hall–Kier alpha value is -2.89. The summed E-state index contributed by atoms with van der Waals surface area (Å²) in [4.78, 5) is 15.2. The SMILES string of the molecule is COc1cc2c(cc1OC)C1Cc3ccc4c(c3C(=O)N1CC2)OCO4.